The summed E-state index contributed by atoms with van der Waals surface area (Å²) in [5.41, 5.74) is 2.43. The Balaban J connectivity index is 1.79. The van der Waals surface area contributed by atoms with Crippen molar-refractivity contribution in [2.45, 2.75) is 45.2 Å². The molecule has 0 aromatic heterocycles. The number of nitrogens with one attached hydrogen (secondary N) is 1. The Labute approximate surface area is 140 Å². The molecular weight excluding hydrogens is 286 g/mol. The standard InChI is InChI=1S/C19H31N3O/c1-15-7-5-6-8-18(15)20-19(23)14-22(4)13-16-9-11-17(12-10-16)21(2)3/h9-12,15,18H,5-8,13-14H2,1-4H3,(H,20,23)/t15-,18+/m1/s1. The lowest BCUT2D eigenvalue weighted by Crippen LogP contribution is -2.44. The first-order valence-corrected chi connectivity index (χ1v) is 8.70. The van der Waals surface area contributed by atoms with Gasteiger partial charge >= 0.3 is 0 Å². The molecule has 0 spiro atoms. The highest BCUT2D eigenvalue weighted by atomic mass is 16.2. The van der Waals surface area contributed by atoms with Crippen LogP contribution in [-0.4, -0.2) is 44.5 Å². The average Bonchev–Trinajstić information content (AvgIpc) is 2.50. The summed E-state index contributed by atoms with van der Waals surface area (Å²) >= 11 is 0. The predicted molar refractivity (Wildman–Crippen MR) is 96.7 cm³/mol. The molecule has 1 aliphatic rings. The van der Waals surface area contributed by atoms with Gasteiger partial charge < -0.3 is 10.2 Å². The van der Waals surface area contributed by atoms with Crippen LogP contribution >= 0.6 is 0 Å². The minimum atomic E-state index is 0.149. The molecule has 1 N–H and O–H groups in total. The van der Waals surface area contributed by atoms with Crippen molar-refractivity contribution >= 4 is 11.6 Å². The van der Waals surface area contributed by atoms with E-state index in [9.17, 15) is 4.79 Å². The lowest BCUT2D eigenvalue weighted by atomic mass is 9.86. The number of nitrogens with zero attached hydrogens (tertiary/aromatic N) is 2. The van der Waals surface area contributed by atoms with Crippen LogP contribution in [0.1, 0.15) is 38.2 Å². The van der Waals surface area contributed by atoms with Crippen molar-refractivity contribution in [2.24, 2.45) is 5.92 Å². The summed E-state index contributed by atoms with van der Waals surface area (Å²) in [5, 5.41) is 3.22. The third kappa shape index (κ3) is 5.54. The van der Waals surface area contributed by atoms with Gasteiger partial charge in [0.25, 0.3) is 0 Å². The molecule has 1 fully saturated rings. The van der Waals surface area contributed by atoms with E-state index in [0.29, 0.717) is 18.5 Å². The van der Waals surface area contributed by atoms with Crippen LogP contribution in [0.4, 0.5) is 5.69 Å². The van der Waals surface area contributed by atoms with Gasteiger partial charge in [0.2, 0.25) is 5.91 Å². The Morgan fingerprint density at radius 3 is 2.39 bits per heavy atom. The van der Waals surface area contributed by atoms with Crippen molar-refractivity contribution < 1.29 is 4.79 Å². The molecule has 1 saturated carbocycles. The summed E-state index contributed by atoms with van der Waals surface area (Å²) in [6.45, 7) is 3.50. The maximum Gasteiger partial charge on any atom is 0.234 e. The van der Waals surface area contributed by atoms with E-state index in [1.807, 2.05) is 21.1 Å². The molecule has 0 saturated heterocycles. The Hall–Kier alpha value is -1.55. The minimum absolute atomic E-state index is 0.149. The smallest absolute Gasteiger partial charge is 0.234 e. The van der Waals surface area contributed by atoms with E-state index in [0.717, 1.165) is 13.0 Å². The molecule has 128 valence electrons. The fourth-order valence-electron chi connectivity index (χ4n) is 3.30. The SMILES string of the molecule is C[C@@H]1CCCC[C@@H]1NC(=O)CN(C)Cc1ccc(N(C)C)cc1. The van der Waals surface area contributed by atoms with Crippen molar-refractivity contribution in [3.8, 4) is 0 Å². The van der Waals surface area contributed by atoms with Gasteiger partial charge in [0.05, 0.1) is 6.54 Å². The van der Waals surface area contributed by atoms with E-state index in [4.69, 9.17) is 0 Å². The molecule has 0 radical (unpaired) electrons. The monoisotopic (exact) mass is 317 g/mol. The van der Waals surface area contributed by atoms with Gasteiger partial charge in [0, 0.05) is 32.4 Å². The molecule has 23 heavy (non-hydrogen) atoms. The van der Waals surface area contributed by atoms with Gasteiger partial charge in [-0.1, -0.05) is 31.9 Å². The van der Waals surface area contributed by atoms with E-state index in [1.54, 1.807) is 0 Å². The van der Waals surface area contributed by atoms with Gasteiger partial charge in [0.1, 0.15) is 0 Å². The van der Waals surface area contributed by atoms with Gasteiger partial charge in [-0.2, -0.15) is 0 Å². The van der Waals surface area contributed by atoms with E-state index in [1.165, 1.54) is 30.5 Å². The van der Waals surface area contributed by atoms with Gasteiger partial charge in [0.15, 0.2) is 0 Å². The molecule has 4 heteroatoms. The number of benzene rings is 1. The summed E-state index contributed by atoms with van der Waals surface area (Å²) in [4.78, 5) is 16.4. The summed E-state index contributed by atoms with van der Waals surface area (Å²) in [7, 11) is 6.08. The molecule has 1 aromatic rings. The van der Waals surface area contributed by atoms with E-state index >= 15 is 0 Å². The van der Waals surface area contributed by atoms with Crippen LogP contribution in [-0.2, 0) is 11.3 Å². The second-order valence-electron chi connectivity index (χ2n) is 7.17. The summed E-state index contributed by atoms with van der Waals surface area (Å²) in [6.07, 6.45) is 4.90. The molecule has 0 aliphatic heterocycles. The molecule has 0 bridgehead atoms. The van der Waals surface area contributed by atoms with E-state index < -0.39 is 0 Å². The van der Waals surface area contributed by atoms with E-state index in [2.05, 4.69) is 46.3 Å². The van der Waals surface area contributed by atoms with Crippen molar-refractivity contribution in [3.63, 3.8) is 0 Å². The Morgan fingerprint density at radius 2 is 1.78 bits per heavy atom. The maximum atomic E-state index is 12.2. The number of carbonyl (C=O) groups excluding carboxylic acids is 1. The third-order valence-electron chi connectivity index (χ3n) is 4.78. The van der Waals surface area contributed by atoms with Crippen LogP contribution in [0.2, 0.25) is 0 Å². The highest BCUT2D eigenvalue weighted by molar-refractivity contribution is 5.78. The van der Waals surface area contributed by atoms with Crippen LogP contribution in [0.5, 0.6) is 0 Å². The molecule has 2 rings (SSSR count). The lowest BCUT2D eigenvalue weighted by molar-refractivity contribution is -0.123. The van der Waals surface area contributed by atoms with Crippen LogP contribution in [0.3, 0.4) is 0 Å². The molecular formula is C19H31N3O. The number of hydrogen-bond acceptors (Lipinski definition) is 3. The number of hydrogen-bond donors (Lipinski definition) is 1. The zero-order valence-corrected chi connectivity index (χ0v) is 15.0. The number of anilines is 1. The van der Waals surface area contributed by atoms with Crippen LogP contribution in [0.25, 0.3) is 0 Å². The van der Waals surface area contributed by atoms with Crippen molar-refractivity contribution in [1.29, 1.82) is 0 Å². The molecule has 4 nitrogen and oxygen atoms in total. The molecule has 1 aliphatic carbocycles. The van der Waals surface area contributed by atoms with Crippen LogP contribution in [0.15, 0.2) is 24.3 Å². The second-order valence-corrected chi connectivity index (χ2v) is 7.17. The second kappa shape index (κ2) is 8.34. The zero-order valence-electron chi connectivity index (χ0n) is 15.0. The number of amides is 1. The lowest BCUT2D eigenvalue weighted by Gasteiger charge is -2.30. The van der Waals surface area contributed by atoms with Gasteiger partial charge in [-0.05, 0) is 43.5 Å². The number of rotatable bonds is 6. The fraction of sp³-hybridized carbons (Fsp3) is 0.632. The van der Waals surface area contributed by atoms with Gasteiger partial charge in [-0.3, -0.25) is 9.69 Å². The summed E-state index contributed by atoms with van der Waals surface area (Å²) < 4.78 is 0. The highest BCUT2D eigenvalue weighted by Crippen LogP contribution is 2.23. The fourth-order valence-corrected chi connectivity index (χ4v) is 3.30. The predicted octanol–water partition coefficient (Wildman–Crippen LogP) is 2.88. The molecule has 1 amide bonds. The quantitative estimate of drug-likeness (QED) is 0.876. The molecule has 1 aromatic carbocycles. The first kappa shape index (κ1) is 17.8. The van der Waals surface area contributed by atoms with Gasteiger partial charge in [-0.25, -0.2) is 0 Å². The van der Waals surface area contributed by atoms with Crippen molar-refractivity contribution in [3.05, 3.63) is 29.8 Å². The Morgan fingerprint density at radius 1 is 1.13 bits per heavy atom. The Bertz CT molecular complexity index is 498. The maximum absolute atomic E-state index is 12.2. The van der Waals surface area contributed by atoms with Crippen LogP contribution < -0.4 is 10.2 Å². The first-order valence-electron chi connectivity index (χ1n) is 8.70. The summed E-state index contributed by atoms with van der Waals surface area (Å²) in [6, 6.07) is 8.86. The normalized spacial score (nSPS) is 21.3. The topological polar surface area (TPSA) is 35.6 Å². The summed E-state index contributed by atoms with van der Waals surface area (Å²) in [5.74, 6) is 0.757. The molecule has 2 atom stereocenters. The minimum Gasteiger partial charge on any atom is -0.378 e. The third-order valence-corrected chi connectivity index (χ3v) is 4.78. The largest absolute Gasteiger partial charge is 0.378 e. The average molecular weight is 317 g/mol. The molecule has 0 unspecified atom stereocenters. The zero-order chi connectivity index (χ0) is 16.8. The molecule has 0 heterocycles. The van der Waals surface area contributed by atoms with Crippen molar-refractivity contribution in [2.75, 3.05) is 32.6 Å². The Kier molecular flexibility index (Phi) is 6.46. The first-order chi connectivity index (χ1) is 11.0. The number of likely N-dealkylation sites (N-methyl/N-ethyl adjacent to an activating group) is 1. The van der Waals surface area contributed by atoms with Crippen LogP contribution in [0, 0.1) is 5.92 Å². The number of carbonyl (C=O) groups is 1. The van der Waals surface area contributed by atoms with E-state index in [-0.39, 0.29) is 5.91 Å². The van der Waals surface area contributed by atoms with Gasteiger partial charge in [-0.15, -0.1) is 0 Å². The van der Waals surface area contributed by atoms with Crippen molar-refractivity contribution in [1.82, 2.24) is 10.2 Å². The highest BCUT2D eigenvalue weighted by Gasteiger charge is 2.23.